The largest absolute Gasteiger partial charge is 0.496 e. The van der Waals surface area contributed by atoms with Crippen molar-refractivity contribution in [3.05, 3.63) is 66.0 Å². The highest BCUT2D eigenvalue weighted by atomic mass is 16.5. The summed E-state index contributed by atoms with van der Waals surface area (Å²) >= 11 is 0. The average molecular weight is 361 g/mol. The highest BCUT2D eigenvalue weighted by Gasteiger charge is 2.32. The smallest absolute Gasteiger partial charge is 0.230 e. The Kier molecular flexibility index (Phi) is 4.67. The molecule has 0 radical (unpaired) electrons. The van der Waals surface area contributed by atoms with Crippen LogP contribution in [0.4, 0.5) is 5.69 Å². The third-order valence-electron chi connectivity index (χ3n) is 5.41. The third-order valence-corrected chi connectivity index (χ3v) is 5.41. The van der Waals surface area contributed by atoms with Crippen molar-refractivity contribution in [2.75, 3.05) is 18.6 Å². The quantitative estimate of drug-likeness (QED) is 0.747. The summed E-state index contributed by atoms with van der Waals surface area (Å²) in [6.45, 7) is 2.82. The molecule has 27 heavy (non-hydrogen) atoms. The van der Waals surface area contributed by atoms with Gasteiger partial charge in [-0.3, -0.25) is 9.89 Å². The Bertz CT molecular complexity index is 933. The number of ether oxygens (including phenoxy) is 1. The minimum Gasteiger partial charge on any atom is -0.496 e. The summed E-state index contributed by atoms with van der Waals surface area (Å²) in [6, 6.07) is 14.1. The average Bonchev–Trinajstić information content (AvgIpc) is 3.35. The Labute approximate surface area is 159 Å². The third kappa shape index (κ3) is 3.33. The lowest BCUT2D eigenvalue weighted by atomic mass is 9.94. The SMILES string of the molecule is COc1cccc(CC2CCN(c3ccc(-c4cn[nH]c4)cc3)C2=O)c1C. The maximum absolute atomic E-state index is 13.0. The lowest BCUT2D eigenvalue weighted by molar-refractivity contribution is -0.120. The standard InChI is InChI=1S/C22H23N3O2/c1-15-17(4-3-5-21(15)27-2)12-18-10-11-25(22(18)26)20-8-6-16(7-9-20)19-13-23-24-14-19/h3-9,13-14,18H,10-12H2,1-2H3,(H,23,24). The zero-order chi connectivity index (χ0) is 18.8. The molecular weight excluding hydrogens is 338 g/mol. The highest BCUT2D eigenvalue weighted by molar-refractivity contribution is 5.97. The van der Waals surface area contributed by atoms with Gasteiger partial charge in [0.25, 0.3) is 0 Å². The molecule has 138 valence electrons. The molecule has 0 spiro atoms. The molecule has 5 nitrogen and oxygen atoms in total. The van der Waals surface area contributed by atoms with E-state index in [1.165, 1.54) is 5.56 Å². The number of hydrogen-bond acceptors (Lipinski definition) is 3. The number of H-pyrrole nitrogens is 1. The van der Waals surface area contributed by atoms with Gasteiger partial charge in [0, 0.05) is 29.9 Å². The number of anilines is 1. The fraction of sp³-hybridized carbons (Fsp3) is 0.273. The van der Waals surface area contributed by atoms with Gasteiger partial charge in [-0.2, -0.15) is 5.10 Å². The van der Waals surface area contributed by atoms with Crippen molar-refractivity contribution in [1.29, 1.82) is 0 Å². The molecule has 3 aromatic rings. The second-order valence-corrected chi connectivity index (χ2v) is 6.96. The van der Waals surface area contributed by atoms with Crippen molar-refractivity contribution < 1.29 is 9.53 Å². The van der Waals surface area contributed by atoms with Crippen LogP contribution in [0.1, 0.15) is 17.5 Å². The van der Waals surface area contributed by atoms with Gasteiger partial charge < -0.3 is 9.64 Å². The predicted molar refractivity (Wildman–Crippen MR) is 106 cm³/mol. The number of benzene rings is 2. The monoisotopic (exact) mass is 361 g/mol. The summed E-state index contributed by atoms with van der Waals surface area (Å²) in [4.78, 5) is 14.9. The first-order chi connectivity index (χ1) is 13.2. The maximum atomic E-state index is 13.0. The first-order valence-electron chi connectivity index (χ1n) is 9.20. The Morgan fingerprint density at radius 3 is 2.70 bits per heavy atom. The van der Waals surface area contributed by atoms with E-state index in [-0.39, 0.29) is 11.8 Å². The summed E-state index contributed by atoms with van der Waals surface area (Å²) in [7, 11) is 1.68. The van der Waals surface area contributed by atoms with E-state index in [9.17, 15) is 4.79 Å². The van der Waals surface area contributed by atoms with Crippen molar-refractivity contribution in [3.8, 4) is 16.9 Å². The Morgan fingerprint density at radius 1 is 1.19 bits per heavy atom. The van der Waals surface area contributed by atoms with Gasteiger partial charge in [-0.05, 0) is 54.7 Å². The Morgan fingerprint density at radius 2 is 2.00 bits per heavy atom. The first-order valence-corrected chi connectivity index (χ1v) is 9.20. The zero-order valence-electron chi connectivity index (χ0n) is 15.6. The molecular formula is C22H23N3O2. The minimum absolute atomic E-state index is 0.0179. The van der Waals surface area contributed by atoms with Crippen molar-refractivity contribution >= 4 is 11.6 Å². The fourth-order valence-corrected chi connectivity index (χ4v) is 3.79. The predicted octanol–water partition coefficient (Wildman–Crippen LogP) is 3.99. The molecule has 1 fully saturated rings. The van der Waals surface area contributed by atoms with E-state index in [4.69, 9.17) is 4.74 Å². The molecule has 1 N–H and O–H groups in total. The molecule has 2 aromatic carbocycles. The van der Waals surface area contributed by atoms with Crippen LogP contribution in [0, 0.1) is 12.8 Å². The van der Waals surface area contributed by atoms with Gasteiger partial charge in [0.1, 0.15) is 5.75 Å². The van der Waals surface area contributed by atoms with Crippen LogP contribution >= 0.6 is 0 Å². The van der Waals surface area contributed by atoms with Gasteiger partial charge >= 0.3 is 0 Å². The molecule has 1 saturated heterocycles. The molecule has 4 rings (SSSR count). The van der Waals surface area contributed by atoms with Crippen LogP contribution in [0.15, 0.2) is 54.9 Å². The molecule has 1 aliphatic rings. The number of aromatic amines is 1. The number of carbonyl (C=O) groups excluding carboxylic acids is 1. The molecule has 2 heterocycles. The molecule has 1 aromatic heterocycles. The van der Waals surface area contributed by atoms with E-state index in [1.807, 2.05) is 47.5 Å². The number of nitrogens with zero attached hydrogens (tertiary/aromatic N) is 2. The number of methoxy groups -OCH3 is 1. The van der Waals surface area contributed by atoms with Crippen LogP contribution in [0.3, 0.4) is 0 Å². The number of aromatic nitrogens is 2. The van der Waals surface area contributed by atoms with Gasteiger partial charge in [0.2, 0.25) is 5.91 Å². The second-order valence-electron chi connectivity index (χ2n) is 6.96. The molecule has 0 aliphatic carbocycles. The molecule has 5 heteroatoms. The number of amides is 1. The van der Waals surface area contributed by atoms with E-state index < -0.39 is 0 Å². The topological polar surface area (TPSA) is 58.2 Å². The number of nitrogens with one attached hydrogen (secondary N) is 1. The Hall–Kier alpha value is -3.08. The lowest BCUT2D eigenvalue weighted by Gasteiger charge is -2.18. The first kappa shape index (κ1) is 17.3. The number of rotatable bonds is 5. The van der Waals surface area contributed by atoms with Crippen LogP contribution in [-0.4, -0.2) is 29.8 Å². The summed E-state index contributed by atoms with van der Waals surface area (Å²) < 4.78 is 5.41. The van der Waals surface area contributed by atoms with Crippen LogP contribution < -0.4 is 9.64 Å². The molecule has 1 amide bonds. The van der Waals surface area contributed by atoms with Gasteiger partial charge in [-0.15, -0.1) is 0 Å². The van der Waals surface area contributed by atoms with E-state index in [0.717, 1.165) is 47.5 Å². The van der Waals surface area contributed by atoms with Gasteiger partial charge in [-0.25, -0.2) is 0 Å². The van der Waals surface area contributed by atoms with Crippen molar-refractivity contribution in [1.82, 2.24) is 10.2 Å². The molecule has 1 atom stereocenters. The molecule has 0 bridgehead atoms. The summed E-state index contributed by atoms with van der Waals surface area (Å²) in [5.41, 5.74) is 5.39. The van der Waals surface area contributed by atoms with Crippen LogP contribution in [0.2, 0.25) is 0 Å². The zero-order valence-corrected chi connectivity index (χ0v) is 15.6. The lowest BCUT2D eigenvalue weighted by Crippen LogP contribution is -2.27. The number of carbonyl (C=O) groups is 1. The van der Waals surface area contributed by atoms with Crippen LogP contribution in [-0.2, 0) is 11.2 Å². The minimum atomic E-state index is 0.0179. The Balaban J connectivity index is 1.49. The summed E-state index contributed by atoms with van der Waals surface area (Å²) in [5.74, 6) is 1.10. The van der Waals surface area contributed by atoms with E-state index in [1.54, 1.807) is 13.3 Å². The van der Waals surface area contributed by atoms with E-state index in [2.05, 4.69) is 23.2 Å². The van der Waals surface area contributed by atoms with Gasteiger partial charge in [0.05, 0.1) is 13.3 Å². The van der Waals surface area contributed by atoms with Crippen molar-refractivity contribution in [2.24, 2.45) is 5.92 Å². The van der Waals surface area contributed by atoms with Crippen molar-refractivity contribution in [3.63, 3.8) is 0 Å². The van der Waals surface area contributed by atoms with Crippen LogP contribution in [0.5, 0.6) is 5.75 Å². The molecule has 1 aliphatic heterocycles. The molecule has 0 saturated carbocycles. The maximum Gasteiger partial charge on any atom is 0.230 e. The van der Waals surface area contributed by atoms with E-state index >= 15 is 0 Å². The second kappa shape index (κ2) is 7.27. The van der Waals surface area contributed by atoms with Crippen molar-refractivity contribution in [2.45, 2.75) is 19.8 Å². The van der Waals surface area contributed by atoms with E-state index in [0.29, 0.717) is 0 Å². The number of hydrogen-bond donors (Lipinski definition) is 1. The van der Waals surface area contributed by atoms with Crippen LogP contribution in [0.25, 0.3) is 11.1 Å². The fourth-order valence-electron chi connectivity index (χ4n) is 3.79. The highest BCUT2D eigenvalue weighted by Crippen LogP contribution is 2.31. The summed E-state index contributed by atoms with van der Waals surface area (Å²) in [5, 5.41) is 6.80. The van der Waals surface area contributed by atoms with Gasteiger partial charge in [-0.1, -0.05) is 24.3 Å². The van der Waals surface area contributed by atoms with Gasteiger partial charge in [0.15, 0.2) is 0 Å². The molecule has 1 unspecified atom stereocenters. The normalized spacial score (nSPS) is 16.7. The summed E-state index contributed by atoms with van der Waals surface area (Å²) in [6.07, 6.45) is 5.29.